The number of hydrogen-bond acceptors (Lipinski definition) is 4. The average molecular weight is 702 g/mol. The van der Waals surface area contributed by atoms with Crippen molar-refractivity contribution in [3.05, 3.63) is 113 Å². The summed E-state index contributed by atoms with van der Waals surface area (Å²) >= 11 is 1.80. The minimum absolute atomic E-state index is 0. The van der Waals surface area contributed by atoms with Crippen LogP contribution in [0.4, 0.5) is 0 Å². The number of fused-ring (bicyclic) bond motifs is 4. The van der Waals surface area contributed by atoms with Crippen LogP contribution in [0.1, 0.15) is 28.1 Å². The Kier molecular flexibility index (Phi) is 7.68. The van der Waals surface area contributed by atoms with Crippen molar-refractivity contribution in [2.45, 2.75) is 44.4 Å². The molecule has 3 aromatic carbocycles. The van der Waals surface area contributed by atoms with E-state index in [4.69, 9.17) is 0 Å². The second-order valence-electron chi connectivity index (χ2n) is 9.85. The Morgan fingerprint density at radius 1 is 0.769 bits per heavy atom. The molecule has 195 valence electrons. The van der Waals surface area contributed by atoms with Gasteiger partial charge in [0.25, 0.3) is 0 Å². The molecule has 0 bridgehead atoms. The van der Waals surface area contributed by atoms with Gasteiger partial charge >= 0.3 is 0 Å². The third-order valence-electron chi connectivity index (χ3n) is 7.03. The first-order valence-electron chi connectivity index (χ1n) is 12.7. The Morgan fingerprint density at radius 3 is 2.38 bits per heavy atom. The molecule has 7 rings (SSSR count). The molecule has 39 heavy (non-hydrogen) atoms. The van der Waals surface area contributed by atoms with Gasteiger partial charge in [0.1, 0.15) is 0 Å². The molecular weight excluding hydrogens is 675 g/mol. The van der Waals surface area contributed by atoms with Crippen molar-refractivity contribution < 1.29 is 20.1 Å². The minimum Gasteiger partial charge on any atom is -0.304 e. The maximum atomic E-state index is 4.67. The van der Waals surface area contributed by atoms with Crippen LogP contribution >= 0.6 is 11.8 Å². The summed E-state index contributed by atoms with van der Waals surface area (Å²) in [5, 5.41) is 4.99. The number of benzene rings is 3. The zero-order chi connectivity index (χ0) is 26.4. The van der Waals surface area contributed by atoms with E-state index in [0.717, 1.165) is 33.9 Å². The van der Waals surface area contributed by atoms with Gasteiger partial charge in [-0.3, -0.25) is 4.98 Å². The van der Waals surface area contributed by atoms with Crippen LogP contribution in [-0.4, -0.2) is 15.0 Å². The fourth-order valence-corrected chi connectivity index (χ4v) is 6.02. The van der Waals surface area contributed by atoms with Gasteiger partial charge in [0.2, 0.25) is 0 Å². The van der Waals surface area contributed by atoms with Gasteiger partial charge in [0.15, 0.2) is 0 Å². The summed E-state index contributed by atoms with van der Waals surface area (Å²) in [5.74, 6) is 0. The van der Waals surface area contributed by atoms with E-state index in [0.29, 0.717) is 0 Å². The summed E-state index contributed by atoms with van der Waals surface area (Å²) in [7, 11) is 0. The maximum Gasteiger partial charge on any atom is 0.0454 e. The molecule has 1 aliphatic heterocycles. The zero-order valence-electron chi connectivity index (χ0n) is 22.5. The predicted molar refractivity (Wildman–Crippen MR) is 158 cm³/mol. The van der Waals surface area contributed by atoms with Crippen LogP contribution in [-0.2, 0) is 20.1 Å². The van der Waals surface area contributed by atoms with Gasteiger partial charge in [-0.15, -0.1) is 77.0 Å². The summed E-state index contributed by atoms with van der Waals surface area (Å²) in [6.45, 7) is 10.4. The van der Waals surface area contributed by atoms with E-state index in [9.17, 15) is 0 Å². The molecule has 0 spiro atoms. The first kappa shape index (κ1) is 27.2. The Labute approximate surface area is 247 Å². The fraction of sp³-hybridized carbons (Fsp3) is 0.147. The smallest absolute Gasteiger partial charge is 0.0454 e. The van der Waals surface area contributed by atoms with E-state index >= 15 is 0 Å². The van der Waals surface area contributed by atoms with Gasteiger partial charge in [-0.2, -0.15) is 0 Å². The Hall–Kier alpha value is -3.37. The largest absolute Gasteiger partial charge is 0.304 e. The normalized spacial score (nSPS) is 11.4. The quantitative estimate of drug-likeness (QED) is 0.127. The summed E-state index contributed by atoms with van der Waals surface area (Å²) in [6, 6.07) is 27.6. The summed E-state index contributed by atoms with van der Waals surface area (Å²) in [6.07, 6.45) is 3.82. The first-order valence-corrected chi connectivity index (χ1v) is 13.5. The molecule has 0 unspecified atom stereocenters. The minimum atomic E-state index is 0. The molecule has 0 saturated carbocycles. The summed E-state index contributed by atoms with van der Waals surface area (Å²) in [5.41, 5.74) is 10.1. The van der Waals surface area contributed by atoms with Gasteiger partial charge in [-0.1, -0.05) is 23.4 Å². The van der Waals surface area contributed by atoms with E-state index in [-0.39, 0.29) is 20.1 Å². The van der Waals surface area contributed by atoms with Crippen LogP contribution in [0.5, 0.6) is 0 Å². The number of nitrogens with zero attached hydrogens (tertiary/aromatic N) is 3. The molecule has 1 radical (unpaired) electrons. The van der Waals surface area contributed by atoms with Gasteiger partial charge in [0, 0.05) is 54.2 Å². The summed E-state index contributed by atoms with van der Waals surface area (Å²) in [4.78, 5) is 16.2. The Morgan fingerprint density at radius 2 is 1.62 bits per heavy atom. The molecule has 0 atom stereocenters. The van der Waals surface area contributed by atoms with Crippen LogP contribution < -0.4 is 0 Å². The monoisotopic (exact) mass is 702 g/mol. The van der Waals surface area contributed by atoms with E-state index in [1.165, 1.54) is 48.0 Å². The zero-order valence-corrected chi connectivity index (χ0v) is 25.7. The molecule has 0 aliphatic carbocycles. The average Bonchev–Trinajstić information content (AvgIpc) is 2.92. The SMILES string of the molecule is Cc1c[c-]c(-c2cc(C)c(C)cn2)cc1.Cc1cc2c(cc3c4c(nccc42)-c2[c-]cccc2S3)c(C)n1.[Ir]. The van der Waals surface area contributed by atoms with Gasteiger partial charge in [-0.25, -0.2) is 0 Å². The van der Waals surface area contributed by atoms with Crippen molar-refractivity contribution in [2.75, 3.05) is 0 Å². The molecule has 3 nitrogen and oxygen atoms in total. The fourth-order valence-electron chi connectivity index (χ4n) is 4.90. The van der Waals surface area contributed by atoms with E-state index in [1.807, 2.05) is 30.6 Å². The number of pyridine rings is 3. The van der Waals surface area contributed by atoms with Crippen LogP contribution in [0.3, 0.4) is 0 Å². The number of aromatic nitrogens is 3. The third-order valence-corrected chi connectivity index (χ3v) is 8.13. The predicted octanol–water partition coefficient (Wildman–Crippen LogP) is 8.80. The Balaban J connectivity index is 0.000000169. The Bertz CT molecular complexity index is 1850. The second kappa shape index (κ2) is 11.0. The number of rotatable bonds is 1. The molecule has 3 aromatic heterocycles. The van der Waals surface area contributed by atoms with E-state index < -0.39 is 0 Å². The van der Waals surface area contributed by atoms with E-state index in [1.54, 1.807) is 11.8 Å². The molecule has 6 aromatic rings. The van der Waals surface area contributed by atoms with Crippen molar-refractivity contribution in [1.82, 2.24) is 15.0 Å². The van der Waals surface area contributed by atoms with Crippen molar-refractivity contribution in [2.24, 2.45) is 0 Å². The molecule has 4 heterocycles. The van der Waals surface area contributed by atoms with Gasteiger partial charge < -0.3 is 9.97 Å². The van der Waals surface area contributed by atoms with Crippen LogP contribution in [0.2, 0.25) is 0 Å². The third kappa shape index (κ3) is 5.15. The topological polar surface area (TPSA) is 38.7 Å². The standard InChI is InChI=1S/C20H13N2S.C14H14N.Ir/c1-11-9-16-13-7-8-21-20-14-5-3-4-6-17(14)23-18(19(13)20)10-15(16)12(2)22-11;1-10-4-6-13(7-5-10)14-8-11(2)12(3)9-15-14;/h3-4,6-10H,1-2H3;4-6,8-9H,1-3H3;/q2*-1;. The van der Waals surface area contributed by atoms with Gasteiger partial charge in [-0.05, 0) is 79.0 Å². The van der Waals surface area contributed by atoms with Crippen LogP contribution in [0, 0.1) is 46.8 Å². The number of hydrogen-bond donors (Lipinski definition) is 0. The maximum absolute atomic E-state index is 4.67. The molecule has 0 saturated heterocycles. The van der Waals surface area contributed by atoms with Crippen molar-refractivity contribution >= 4 is 33.3 Å². The first-order chi connectivity index (χ1) is 18.4. The van der Waals surface area contributed by atoms with Crippen molar-refractivity contribution in [3.8, 4) is 22.5 Å². The molecular formula is C34H27IrN3S-2. The van der Waals surface area contributed by atoms with E-state index in [2.05, 4.69) is 104 Å². The van der Waals surface area contributed by atoms with Crippen molar-refractivity contribution in [3.63, 3.8) is 0 Å². The molecule has 0 N–H and O–H groups in total. The second-order valence-corrected chi connectivity index (χ2v) is 10.9. The molecule has 0 fully saturated rings. The molecule has 5 heteroatoms. The van der Waals surface area contributed by atoms with Crippen LogP contribution in [0.15, 0.2) is 82.8 Å². The van der Waals surface area contributed by atoms with Crippen molar-refractivity contribution in [1.29, 1.82) is 0 Å². The molecule has 1 aliphatic rings. The number of aryl methyl sites for hydroxylation is 5. The molecule has 0 amide bonds. The summed E-state index contributed by atoms with van der Waals surface area (Å²) < 4.78 is 0. The van der Waals surface area contributed by atoms with Gasteiger partial charge in [0.05, 0.1) is 0 Å². The van der Waals surface area contributed by atoms with Crippen LogP contribution in [0.25, 0.3) is 44.1 Å².